The van der Waals surface area contributed by atoms with Gasteiger partial charge in [-0.3, -0.25) is 9.59 Å². The molecule has 0 saturated heterocycles. The van der Waals surface area contributed by atoms with Crippen LogP contribution in [0.1, 0.15) is 44.0 Å². The standard InChI is InChI=1S/C15H20O4/c1-4-12(16)9-15(17)11-7-13(18-5-2)10-14(8-11)19-6-3/h7-8,10H,4-6,9H2,1-3H3. The number of carbonyl (C=O) groups excluding carboxylic acids is 2. The third kappa shape index (κ3) is 4.73. The van der Waals surface area contributed by atoms with Crippen LogP contribution in [0.3, 0.4) is 0 Å². The minimum Gasteiger partial charge on any atom is -0.494 e. The maximum Gasteiger partial charge on any atom is 0.170 e. The monoisotopic (exact) mass is 264 g/mol. The molecule has 0 aromatic heterocycles. The van der Waals surface area contributed by atoms with E-state index in [-0.39, 0.29) is 18.0 Å². The molecule has 19 heavy (non-hydrogen) atoms. The van der Waals surface area contributed by atoms with E-state index in [2.05, 4.69) is 0 Å². The summed E-state index contributed by atoms with van der Waals surface area (Å²) < 4.78 is 10.8. The second-order valence-corrected chi connectivity index (χ2v) is 4.05. The number of rotatable bonds is 8. The van der Waals surface area contributed by atoms with Gasteiger partial charge in [0.05, 0.1) is 19.6 Å². The molecule has 0 fully saturated rings. The Morgan fingerprint density at radius 3 is 1.89 bits per heavy atom. The third-order valence-electron chi connectivity index (χ3n) is 2.58. The zero-order chi connectivity index (χ0) is 14.3. The molecule has 0 spiro atoms. The van der Waals surface area contributed by atoms with E-state index in [9.17, 15) is 9.59 Å². The summed E-state index contributed by atoms with van der Waals surface area (Å²) >= 11 is 0. The molecule has 1 aromatic rings. The van der Waals surface area contributed by atoms with Crippen LogP contribution < -0.4 is 9.47 Å². The largest absolute Gasteiger partial charge is 0.494 e. The average molecular weight is 264 g/mol. The van der Waals surface area contributed by atoms with Gasteiger partial charge in [0.15, 0.2) is 5.78 Å². The van der Waals surface area contributed by atoms with Crippen molar-refractivity contribution < 1.29 is 19.1 Å². The number of benzene rings is 1. The van der Waals surface area contributed by atoms with E-state index in [1.54, 1.807) is 25.1 Å². The molecule has 0 aliphatic rings. The van der Waals surface area contributed by atoms with Crippen LogP contribution in [-0.4, -0.2) is 24.8 Å². The predicted octanol–water partition coefficient (Wildman–Crippen LogP) is 3.04. The summed E-state index contributed by atoms with van der Waals surface area (Å²) in [7, 11) is 0. The zero-order valence-electron chi connectivity index (χ0n) is 11.7. The van der Waals surface area contributed by atoms with Crippen molar-refractivity contribution in [1.82, 2.24) is 0 Å². The van der Waals surface area contributed by atoms with Gasteiger partial charge >= 0.3 is 0 Å². The van der Waals surface area contributed by atoms with Gasteiger partial charge in [-0.05, 0) is 26.0 Å². The molecule has 104 valence electrons. The Hall–Kier alpha value is -1.84. The average Bonchev–Trinajstić information content (AvgIpc) is 2.39. The van der Waals surface area contributed by atoms with E-state index < -0.39 is 0 Å². The Labute approximate surface area is 113 Å². The topological polar surface area (TPSA) is 52.6 Å². The SMILES string of the molecule is CCOc1cc(OCC)cc(C(=O)CC(=O)CC)c1. The summed E-state index contributed by atoms with van der Waals surface area (Å²) in [6, 6.07) is 5.04. The highest BCUT2D eigenvalue weighted by atomic mass is 16.5. The van der Waals surface area contributed by atoms with Gasteiger partial charge < -0.3 is 9.47 Å². The summed E-state index contributed by atoms with van der Waals surface area (Å²) in [5, 5.41) is 0. The van der Waals surface area contributed by atoms with Crippen molar-refractivity contribution in [3.63, 3.8) is 0 Å². The van der Waals surface area contributed by atoms with Gasteiger partial charge in [-0.25, -0.2) is 0 Å². The van der Waals surface area contributed by atoms with Crippen molar-refractivity contribution in [2.75, 3.05) is 13.2 Å². The Balaban J connectivity index is 2.97. The van der Waals surface area contributed by atoms with Crippen molar-refractivity contribution in [3.8, 4) is 11.5 Å². The van der Waals surface area contributed by atoms with Crippen LogP contribution >= 0.6 is 0 Å². The summed E-state index contributed by atoms with van der Waals surface area (Å²) in [6.45, 7) is 6.51. The van der Waals surface area contributed by atoms with Crippen LogP contribution in [0.25, 0.3) is 0 Å². The molecule has 0 saturated carbocycles. The van der Waals surface area contributed by atoms with E-state index in [1.807, 2.05) is 13.8 Å². The molecule has 1 aromatic carbocycles. The van der Waals surface area contributed by atoms with Gasteiger partial charge in [-0.1, -0.05) is 6.92 Å². The molecular formula is C15H20O4. The maximum atomic E-state index is 12.0. The van der Waals surface area contributed by atoms with Gasteiger partial charge in [-0.2, -0.15) is 0 Å². The fourth-order valence-electron chi connectivity index (χ4n) is 1.64. The summed E-state index contributed by atoms with van der Waals surface area (Å²) in [6.07, 6.45) is 0.298. The van der Waals surface area contributed by atoms with Gasteiger partial charge in [0, 0.05) is 18.1 Å². The number of carbonyl (C=O) groups is 2. The van der Waals surface area contributed by atoms with Crippen molar-refractivity contribution >= 4 is 11.6 Å². The second kappa shape index (κ2) is 7.56. The summed E-state index contributed by atoms with van der Waals surface area (Å²) in [4.78, 5) is 23.3. The molecule has 0 aliphatic heterocycles. The molecule has 0 bridgehead atoms. The van der Waals surface area contributed by atoms with Crippen molar-refractivity contribution in [1.29, 1.82) is 0 Å². The summed E-state index contributed by atoms with van der Waals surface area (Å²) in [5.41, 5.74) is 0.455. The van der Waals surface area contributed by atoms with E-state index in [0.29, 0.717) is 36.7 Å². The highest BCUT2D eigenvalue weighted by Crippen LogP contribution is 2.24. The minimum absolute atomic E-state index is 0.0650. The van der Waals surface area contributed by atoms with E-state index in [0.717, 1.165) is 0 Å². The molecule has 0 amide bonds. The highest BCUT2D eigenvalue weighted by molar-refractivity contribution is 6.08. The van der Waals surface area contributed by atoms with Gasteiger partial charge in [0.25, 0.3) is 0 Å². The normalized spacial score (nSPS) is 10.1. The van der Waals surface area contributed by atoms with Crippen molar-refractivity contribution in [2.24, 2.45) is 0 Å². The zero-order valence-corrected chi connectivity index (χ0v) is 11.7. The van der Waals surface area contributed by atoms with Gasteiger partial charge in [-0.15, -0.1) is 0 Å². The van der Waals surface area contributed by atoms with Crippen LogP contribution in [0.5, 0.6) is 11.5 Å². The first-order valence-electron chi connectivity index (χ1n) is 6.56. The van der Waals surface area contributed by atoms with Crippen LogP contribution in [-0.2, 0) is 4.79 Å². The first kappa shape index (κ1) is 15.2. The van der Waals surface area contributed by atoms with Gasteiger partial charge in [0.1, 0.15) is 17.3 Å². The lowest BCUT2D eigenvalue weighted by atomic mass is 10.0. The molecule has 4 nitrogen and oxygen atoms in total. The van der Waals surface area contributed by atoms with Crippen molar-refractivity contribution in [2.45, 2.75) is 33.6 Å². The third-order valence-corrected chi connectivity index (χ3v) is 2.58. The van der Waals surface area contributed by atoms with Gasteiger partial charge in [0.2, 0.25) is 0 Å². The fraction of sp³-hybridized carbons (Fsp3) is 0.467. The number of ether oxygens (including phenoxy) is 2. The molecule has 0 unspecified atom stereocenters. The second-order valence-electron chi connectivity index (χ2n) is 4.05. The van der Waals surface area contributed by atoms with E-state index in [1.165, 1.54) is 0 Å². The Morgan fingerprint density at radius 2 is 1.47 bits per heavy atom. The van der Waals surface area contributed by atoms with E-state index in [4.69, 9.17) is 9.47 Å². The van der Waals surface area contributed by atoms with Crippen LogP contribution in [0.15, 0.2) is 18.2 Å². The Bertz CT molecular complexity index is 427. The first-order chi connectivity index (χ1) is 9.10. The smallest absolute Gasteiger partial charge is 0.170 e. The van der Waals surface area contributed by atoms with E-state index >= 15 is 0 Å². The maximum absolute atomic E-state index is 12.0. The number of hydrogen-bond acceptors (Lipinski definition) is 4. The lowest BCUT2D eigenvalue weighted by molar-refractivity contribution is -0.117. The molecule has 4 heteroatoms. The molecule has 0 atom stereocenters. The number of ketones is 2. The number of hydrogen-bond donors (Lipinski definition) is 0. The fourth-order valence-corrected chi connectivity index (χ4v) is 1.64. The van der Waals surface area contributed by atoms with Crippen molar-refractivity contribution in [3.05, 3.63) is 23.8 Å². The number of Topliss-reactive ketones (excluding diaryl/α,β-unsaturated/α-hetero) is 2. The molecule has 1 rings (SSSR count). The minimum atomic E-state index is -0.200. The molecule has 0 radical (unpaired) electrons. The lowest BCUT2D eigenvalue weighted by Gasteiger charge is -2.10. The quantitative estimate of drug-likeness (QED) is 0.535. The highest BCUT2D eigenvalue weighted by Gasteiger charge is 2.13. The molecule has 0 heterocycles. The molecule has 0 N–H and O–H groups in total. The Morgan fingerprint density at radius 1 is 0.947 bits per heavy atom. The Kier molecular flexibility index (Phi) is 6.06. The first-order valence-corrected chi connectivity index (χ1v) is 6.56. The lowest BCUT2D eigenvalue weighted by Crippen LogP contribution is -2.08. The predicted molar refractivity (Wildman–Crippen MR) is 73.0 cm³/mol. The van der Waals surface area contributed by atoms with Crippen LogP contribution in [0, 0.1) is 0 Å². The molecular weight excluding hydrogens is 244 g/mol. The van der Waals surface area contributed by atoms with Crippen LogP contribution in [0.4, 0.5) is 0 Å². The van der Waals surface area contributed by atoms with Crippen LogP contribution in [0.2, 0.25) is 0 Å². The summed E-state index contributed by atoms with van der Waals surface area (Å²) in [5.74, 6) is 0.903. The molecule has 0 aliphatic carbocycles.